The average molecular weight is 647 g/mol. The van der Waals surface area contributed by atoms with Crippen LogP contribution in [0.1, 0.15) is 31.4 Å². The first kappa shape index (κ1) is 33.8. The van der Waals surface area contributed by atoms with E-state index in [9.17, 15) is 28.1 Å². The highest BCUT2D eigenvalue weighted by Crippen LogP contribution is 2.27. The van der Waals surface area contributed by atoms with Gasteiger partial charge in [0.25, 0.3) is 15.7 Å². The number of non-ortho nitro benzene ring substituents is 1. The molecule has 0 spiro atoms. The molecule has 0 aliphatic rings. The molecule has 1 N–H and O–H groups in total. The number of halogens is 1. The van der Waals surface area contributed by atoms with E-state index in [1.54, 1.807) is 36.4 Å². The van der Waals surface area contributed by atoms with Gasteiger partial charge in [-0.3, -0.25) is 24.0 Å². The molecule has 46 heavy (non-hydrogen) atoms. The summed E-state index contributed by atoms with van der Waals surface area (Å²) >= 11 is 0. The molecule has 2 amide bonds. The molecule has 0 unspecified atom stereocenters. The number of anilines is 1. The van der Waals surface area contributed by atoms with Gasteiger partial charge in [0.15, 0.2) is 0 Å². The van der Waals surface area contributed by atoms with Gasteiger partial charge in [0, 0.05) is 36.7 Å². The van der Waals surface area contributed by atoms with E-state index < -0.39 is 45.2 Å². The van der Waals surface area contributed by atoms with Crippen LogP contribution in [0.5, 0.6) is 0 Å². The second-order valence-electron chi connectivity index (χ2n) is 10.7. The van der Waals surface area contributed by atoms with Gasteiger partial charge in [-0.25, -0.2) is 12.8 Å². The van der Waals surface area contributed by atoms with Gasteiger partial charge in [-0.05, 0) is 49.2 Å². The number of carbonyl (C=O) groups excluding carboxylic acids is 2. The molecule has 0 fully saturated rings. The molecule has 0 saturated heterocycles. The summed E-state index contributed by atoms with van der Waals surface area (Å²) in [6, 6.07) is 25.7. The Labute approximate surface area is 267 Å². The molecule has 10 nitrogen and oxygen atoms in total. The van der Waals surface area contributed by atoms with E-state index in [4.69, 9.17) is 0 Å². The van der Waals surface area contributed by atoms with Crippen molar-refractivity contribution in [2.75, 3.05) is 10.8 Å². The Balaban J connectivity index is 1.82. The van der Waals surface area contributed by atoms with Crippen LogP contribution in [0.2, 0.25) is 0 Å². The van der Waals surface area contributed by atoms with Gasteiger partial charge in [-0.15, -0.1) is 0 Å². The summed E-state index contributed by atoms with van der Waals surface area (Å²) in [6.07, 6.45) is 0.695. The van der Waals surface area contributed by atoms with E-state index in [1.165, 1.54) is 59.5 Å². The molecule has 4 aromatic rings. The van der Waals surface area contributed by atoms with Crippen LogP contribution in [0.4, 0.5) is 15.8 Å². The van der Waals surface area contributed by atoms with Crippen LogP contribution < -0.4 is 9.62 Å². The Morgan fingerprint density at radius 3 is 2.07 bits per heavy atom. The highest BCUT2D eigenvalue weighted by molar-refractivity contribution is 7.92. The largest absolute Gasteiger partial charge is 0.352 e. The molecule has 0 aliphatic heterocycles. The maximum absolute atomic E-state index is 15.0. The zero-order chi connectivity index (χ0) is 33.3. The van der Waals surface area contributed by atoms with Crippen molar-refractivity contribution < 1.29 is 27.3 Å². The molecule has 0 aromatic heterocycles. The molecule has 4 rings (SSSR count). The van der Waals surface area contributed by atoms with Crippen molar-refractivity contribution in [2.45, 2.75) is 50.2 Å². The van der Waals surface area contributed by atoms with Gasteiger partial charge in [-0.2, -0.15) is 0 Å². The van der Waals surface area contributed by atoms with Crippen molar-refractivity contribution in [1.82, 2.24) is 10.2 Å². The fraction of sp³-hybridized carbons (Fsp3) is 0.235. The number of hydrogen-bond donors (Lipinski definition) is 1. The normalized spacial score (nSPS) is 12.5. The zero-order valence-corrected chi connectivity index (χ0v) is 26.3. The number of hydrogen-bond acceptors (Lipinski definition) is 6. The smallest absolute Gasteiger partial charge is 0.269 e. The molecule has 0 bridgehead atoms. The second-order valence-corrected chi connectivity index (χ2v) is 12.6. The van der Waals surface area contributed by atoms with Gasteiger partial charge in [0.1, 0.15) is 18.4 Å². The number of nitro groups is 1. The zero-order valence-electron chi connectivity index (χ0n) is 25.5. The van der Waals surface area contributed by atoms with Gasteiger partial charge >= 0.3 is 0 Å². The number of benzene rings is 4. The lowest BCUT2D eigenvalue weighted by Crippen LogP contribution is -2.54. The lowest BCUT2D eigenvalue weighted by Gasteiger charge is -2.34. The van der Waals surface area contributed by atoms with Crippen LogP contribution in [0, 0.1) is 15.9 Å². The Bertz CT molecular complexity index is 1760. The molecule has 0 radical (unpaired) electrons. The summed E-state index contributed by atoms with van der Waals surface area (Å²) in [4.78, 5) is 40.0. The number of rotatable bonds is 14. The third-order valence-electron chi connectivity index (χ3n) is 7.53. The van der Waals surface area contributed by atoms with Gasteiger partial charge in [-0.1, -0.05) is 73.7 Å². The molecule has 0 aliphatic carbocycles. The van der Waals surface area contributed by atoms with Crippen LogP contribution in [0.25, 0.3) is 0 Å². The van der Waals surface area contributed by atoms with Crippen LogP contribution in [0.3, 0.4) is 0 Å². The molecular weight excluding hydrogens is 611 g/mol. The number of amides is 2. The van der Waals surface area contributed by atoms with Crippen molar-refractivity contribution >= 4 is 33.2 Å². The highest BCUT2D eigenvalue weighted by atomic mass is 32.2. The first-order chi connectivity index (χ1) is 22.0. The van der Waals surface area contributed by atoms with Crippen molar-refractivity contribution in [3.05, 3.63) is 136 Å². The fourth-order valence-corrected chi connectivity index (χ4v) is 6.23. The molecule has 0 saturated carbocycles. The number of sulfonamides is 1. The summed E-state index contributed by atoms with van der Waals surface area (Å²) < 4.78 is 43.8. The van der Waals surface area contributed by atoms with Crippen LogP contribution in [-0.2, 0) is 32.6 Å². The summed E-state index contributed by atoms with van der Waals surface area (Å²) in [7, 11) is -4.38. The Morgan fingerprint density at radius 2 is 1.48 bits per heavy atom. The fourth-order valence-electron chi connectivity index (χ4n) is 4.79. The van der Waals surface area contributed by atoms with Crippen LogP contribution in [-0.4, -0.2) is 48.7 Å². The summed E-state index contributed by atoms with van der Waals surface area (Å²) in [5.41, 5.74) is 0.607. The lowest BCUT2D eigenvalue weighted by molar-refractivity contribution is -0.384. The maximum Gasteiger partial charge on any atom is 0.269 e. The Kier molecular flexibility index (Phi) is 11.2. The third kappa shape index (κ3) is 8.33. The minimum absolute atomic E-state index is 0.00249. The molecule has 0 heterocycles. The average Bonchev–Trinajstić information content (AvgIpc) is 3.06. The maximum atomic E-state index is 15.0. The van der Waals surface area contributed by atoms with Gasteiger partial charge in [0.2, 0.25) is 11.8 Å². The third-order valence-corrected chi connectivity index (χ3v) is 9.32. The first-order valence-corrected chi connectivity index (χ1v) is 16.1. The summed E-state index contributed by atoms with van der Waals surface area (Å²) in [6.45, 7) is 2.63. The number of nitro benzene ring substituents is 1. The SMILES string of the molecule is CC[C@@H](C)NC(=O)[C@H](Cc1ccccc1)N(Cc1ccccc1F)C(=O)CN(c1ccc([N+](=O)[O-])cc1)S(=O)(=O)c1ccccc1. The topological polar surface area (TPSA) is 130 Å². The molecule has 240 valence electrons. The Morgan fingerprint density at radius 1 is 0.891 bits per heavy atom. The first-order valence-electron chi connectivity index (χ1n) is 14.7. The highest BCUT2D eigenvalue weighted by Gasteiger charge is 2.35. The standard InChI is InChI=1S/C34H35FN4O6S/c1-3-25(2)36-34(41)32(22-26-12-6-4-7-13-26)37(23-27-14-10-11-17-31(27)35)33(40)24-38(28-18-20-29(21-19-28)39(42)43)46(44,45)30-15-8-5-9-16-30/h4-21,25,32H,3,22-24H2,1-2H3,(H,36,41)/t25-,32+/m1/s1. The molecule has 2 atom stereocenters. The van der Waals surface area contributed by atoms with Crippen molar-refractivity contribution in [3.63, 3.8) is 0 Å². The van der Waals surface area contributed by atoms with Crippen molar-refractivity contribution in [3.8, 4) is 0 Å². The molecule has 12 heteroatoms. The monoisotopic (exact) mass is 646 g/mol. The number of carbonyl (C=O) groups is 2. The van der Waals surface area contributed by atoms with Crippen molar-refractivity contribution in [1.29, 1.82) is 0 Å². The van der Waals surface area contributed by atoms with Gasteiger partial charge in [0.05, 0.1) is 15.5 Å². The minimum atomic E-state index is -4.38. The van der Waals surface area contributed by atoms with E-state index in [2.05, 4.69) is 5.32 Å². The quantitative estimate of drug-likeness (QED) is 0.143. The van der Waals surface area contributed by atoms with E-state index in [0.717, 1.165) is 22.0 Å². The minimum Gasteiger partial charge on any atom is -0.352 e. The van der Waals surface area contributed by atoms with Crippen LogP contribution >= 0.6 is 0 Å². The molecule has 4 aromatic carbocycles. The van der Waals surface area contributed by atoms with E-state index in [1.807, 2.05) is 19.9 Å². The number of nitrogens with one attached hydrogen (secondary N) is 1. The predicted octanol–water partition coefficient (Wildman–Crippen LogP) is 5.48. The Hall–Kier alpha value is -5.10. The summed E-state index contributed by atoms with van der Waals surface area (Å²) in [5, 5.41) is 14.2. The van der Waals surface area contributed by atoms with E-state index >= 15 is 4.39 Å². The van der Waals surface area contributed by atoms with E-state index in [0.29, 0.717) is 6.42 Å². The van der Waals surface area contributed by atoms with Gasteiger partial charge < -0.3 is 10.2 Å². The van der Waals surface area contributed by atoms with Crippen LogP contribution in [0.15, 0.2) is 114 Å². The lowest BCUT2D eigenvalue weighted by atomic mass is 10.0. The molecular formula is C34H35FN4O6S. The number of nitrogens with zero attached hydrogens (tertiary/aromatic N) is 3. The van der Waals surface area contributed by atoms with Crippen molar-refractivity contribution in [2.24, 2.45) is 0 Å². The van der Waals surface area contributed by atoms with E-state index in [-0.39, 0.29) is 40.8 Å². The summed E-state index contributed by atoms with van der Waals surface area (Å²) in [5.74, 6) is -1.85. The second kappa shape index (κ2) is 15.3. The predicted molar refractivity (Wildman–Crippen MR) is 173 cm³/mol.